The molecule has 0 radical (unpaired) electrons. The molecule has 102 valence electrons. The topological polar surface area (TPSA) is 59.5 Å². The number of pyridine rings is 1. The van der Waals surface area contributed by atoms with Crippen LogP contribution in [0.3, 0.4) is 0 Å². The molecule has 1 aliphatic heterocycles. The Morgan fingerprint density at radius 3 is 2.50 bits per heavy atom. The smallest absolute Gasteiger partial charge is 0.399 e. The predicted octanol–water partition coefficient (Wildman–Crippen LogP) is 1.51. The molecule has 20 heavy (non-hydrogen) atoms. The zero-order valence-corrected chi connectivity index (χ0v) is 12.0. The van der Waals surface area contributed by atoms with Crippen LogP contribution in [-0.4, -0.2) is 27.7 Å². The number of imidazole rings is 1. The fourth-order valence-electron chi connectivity index (χ4n) is 2.18. The lowest BCUT2D eigenvalue weighted by molar-refractivity contribution is 0.00578. The SMILES string of the molecule is CC1(C)OB(c2ccn3cc(C#N)nc3c2)OC1(C)C. The van der Waals surface area contributed by atoms with Crippen LogP contribution in [0.5, 0.6) is 0 Å². The predicted molar refractivity (Wildman–Crippen MR) is 75.6 cm³/mol. The lowest BCUT2D eigenvalue weighted by atomic mass is 9.80. The van der Waals surface area contributed by atoms with Crippen LogP contribution in [0.4, 0.5) is 0 Å². The van der Waals surface area contributed by atoms with Gasteiger partial charge in [-0.25, -0.2) is 4.98 Å². The van der Waals surface area contributed by atoms with Crippen molar-refractivity contribution in [3.8, 4) is 6.07 Å². The minimum absolute atomic E-state index is 0.364. The second-order valence-corrected chi connectivity index (χ2v) is 6.05. The Bertz CT molecular complexity index is 699. The molecule has 0 unspecified atom stereocenters. The van der Waals surface area contributed by atoms with Gasteiger partial charge in [0.25, 0.3) is 0 Å². The summed E-state index contributed by atoms with van der Waals surface area (Å²) in [4.78, 5) is 4.23. The van der Waals surface area contributed by atoms with Crippen LogP contribution in [0, 0.1) is 11.3 Å². The molecule has 0 amide bonds. The van der Waals surface area contributed by atoms with Gasteiger partial charge in [0.2, 0.25) is 0 Å². The van der Waals surface area contributed by atoms with Gasteiger partial charge in [-0.15, -0.1) is 0 Å². The van der Waals surface area contributed by atoms with Crippen molar-refractivity contribution in [2.24, 2.45) is 0 Å². The minimum atomic E-state index is -0.410. The number of rotatable bonds is 1. The van der Waals surface area contributed by atoms with Gasteiger partial charge in [0, 0.05) is 12.4 Å². The van der Waals surface area contributed by atoms with Gasteiger partial charge < -0.3 is 13.7 Å². The van der Waals surface area contributed by atoms with Crippen molar-refractivity contribution < 1.29 is 9.31 Å². The molecule has 0 atom stereocenters. The normalized spacial score (nSPS) is 20.2. The molecule has 1 saturated heterocycles. The number of nitriles is 1. The summed E-state index contributed by atoms with van der Waals surface area (Å²) < 4.78 is 13.8. The Morgan fingerprint density at radius 1 is 1.25 bits per heavy atom. The molecule has 2 aromatic heterocycles. The van der Waals surface area contributed by atoms with Crippen molar-refractivity contribution in [1.29, 1.82) is 5.26 Å². The Balaban J connectivity index is 1.98. The molecule has 0 spiro atoms. The van der Waals surface area contributed by atoms with E-state index in [0.717, 1.165) is 5.46 Å². The summed E-state index contributed by atoms with van der Waals surface area (Å²) in [6.07, 6.45) is 3.56. The number of fused-ring (bicyclic) bond motifs is 1. The molecular formula is C14H16BN3O2. The average molecular weight is 269 g/mol. The fraction of sp³-hybridized carbons (Fsp3) is 0.429. The van der Waals surface area contributed by atoms with E-state index >= 15 is 0 Å². The molecule has 0 aliphatic carbocycles. The van der Waals surface area contributed by atoms with Gasteiger partial charge in [-0.2, -0.15) is 5.26 Å². The van der Waals surface area contributed by atoms with Crippen LogP contribution in [0.15, 0.2) is 24.5 Å². The molecule has 0 saturated carbocycles. The van der Waals surface area contributed by atoms with E-state index < -0.39 is 7.12 Å². The summed E-state index contributed by atoms with van der Waals surface area (Å²) in [5.74, 6) is 0. The zero-order chi connectivity index (χ0) is 14.5. The summed E-state index contributed by atoms with van der Waals surface area (Å²) in [6, 6.07) is 5.86. The van der Waals surface area contributed by atoms with Crippen LogP contribution in [0.1, 0.15) is 33.4 Å². The summed E-state index contributed by atoms with van der Waals surface area (Å²) in [7, 11) is -0.410. The molecule has 0 N–H and O–H groups in total. The highest BCUT2D eigenvalue weighted by molar-refractivity contribution is 6.62. The van der Waals surface area contributed by atoms with Crippen LogP contribution >= 0.6 is 0 Å². The Labute approximate surface area is 118 Å². The number of aromatic nitrogens is 2. The van der Waals surface area contributed by atoms with E-state index in [4.69, 9.17) is 14.6 Å². The van der Waals surface area contributed by atoms with E-state index in [9.17, 15) is 0 Å². The van der Waals surface area contributed by atoms with Gasteiger partial charge in [0.15, 0.2) is 5.69 Å². The molecule has 1 fully saturated rings. The van der Waals surface area contributed by atoms with Crippen LogP contribution in [-0.2, 0) is 9.31 Å². The van der Waals surface area contributed by atoms with Gasteiger partial charge in [-0.1, -0.05) is 0 Å². The van der Waals surface area contributed by atoms with Crippen LogP contribution < -0.4 is 5.46 Å². The quantitative estimate of drug-likeness (QED) is 0.736. The first-order valence-electron chi connectivity index (χ1n) is 6.57. The summed E-state index contributed by atoms with van der Waals surface area (Å²) >= 11 is 0. The van der Waals surface area contributed by atoms with E-state index in [-0.39, 0.29) is 11.2 Å². The number of nitrogens with zero attached hydrogens (tertiary/aromatic N) is 3. The van der Waals surface area contributed by atoms with Gasteiger partial charge >= 0.3 is 7.12 Å². The maximum Gasteiger partial charge on any atom is 0.495 e. The largest absolute Gasteiger partial charge is 0.495 e. The van der Waals surface area contributed by atoms with Crippen molar-refractivity contribution in [3.63, 3.8) is 0 Å². The van der Waals surface area contributed by atoms with Gasteiger partial charge in [0.1, 0.15) is 11.7 Å². The molecule has 3 rings (SSSR count). The molecule has 6 heteroatoms. The maximum atomic E-state index is 8.88. The number of hydrogen-bond acceptors (Lipinski definition) is 4. The first-order chi connectivity index (χ1) is 9.32. The molecular weight excluding hydrogens is 253 g/mol. The van der Waals surface area contributed by atoms with Gasteiger partial charge in [-0.05, 0) is 45.3 Å². The lowest BCUT2D eigenvalue weighted by Gasteiger charge is -2.32. The summed E-state index contributed by atoms with van der Waals surface area (Å²) in [5, 5.41) is 8.88. The molecule has 3 heterocycles. The Morgan fingerprint density at radius 2 is 1.90 bits per heavy atom. The van der Waals surface area contributed by atoms with Gasteiger partial charge in [0.05, 0.1) is 11.2 Å². The first kappa shape index (κ1) is 13.2. The fourth-order valence-corrected chi connectivity index (χ4v) is 2.18. The van der Waals surface area contributed by atoms with Crippen molar-refractivity contribution in [3.05, 3.63) is 30.2 Å². The minimum Gasteiger partial charge on any atom is -0.399 e. The standard InChI is InChI=1S/C14H16BN3O2/c1-13(2)14(3,4)20-15(19-13)10-5-6-18-9-11(8-16)17-12(18)7-10/h5-7,9H,1-4H3. The second kappa shape index (κ2) is 4.08. The van der Waals surface area contributed by atoms with Crippen molar-refractivity contribution in [2.75, 3.05) is 0 Å². The molecule has 2 aromatic rings. The first-order valence-corrected chi connectivity index (χ1v) is 6.57. The van der Waals surface area contributed by atoms with Crippen LogP contribution in [0.2, 0.25) is 0 Å². The van der Waals surface area contributed by atoms with E-state index in [2.05, 4.69) is 4.98 Å². The highest BCUT2D eigenvalue weighted by Crippen LogP contribution is 2.36. The third-order valence-corrected chi connectivity index (χ3v) is 4.12. The molecule has 1 aliphatic rings. The highest BCUT2D eigenvalue weighted by atomic mass is 16.7. The Hall–Kier alpha value is -1.84. The third kappa shape index (κ3) is 1.91. The van der Waals surface area contributed by atoms with E-state index in [1.165, 1.54) is 0 Å². The van der Waals surface area contributed by atoms with Gasteiger partial charge in [-0.3, -0.25) is 0 Å². The molecule has 0 aromatic carbocycles. The third-order valence-electron chi connectivity index (χ3n) is 4.12. The summed E-state index contributed by atoms with van der Waals surface area (Å²) in [5.41, 5.74) is 1.30. The van der Waals surface area contributed by atoms with Crippen molar-refractivity contribution >= 4 is 18.2 Å². The monoisotopic (exact) mass is 269 g/mol. The maximum absolute atomic E-state index is 8.88. The van der Waals surface area contributed by atoms with Crippen LogP contribution in [0.25, 0.3) is 5.65 Å². The number of hydrogen-bond donors (Lipinski definition) is 0. The second-order valence-electron chi connectivity index (χ2n) is 6.05. The van der Waals surface area contributed by atoms with E-state index in [1.54, 1.807) is 6.20 Å². The summed E-state index contributed by atoms with van der Waals surface area (Å²) in [6.45, 7) is 8.09. The average Bonchev–Trinajstić information content (AvgIpc) is 2.87. The Kier molecular flexibility index (Phi) is 2.68. The van der Waals surface area contributed by atoms with Crippen molar-refractivity contribution in [2.45, 2.75) is 38.9 Å². The molecule has 5 nitrogen and oxygen atoms in total. The zero-order valence-electron chi connectivity index (χ0n) is 12.0. The van der Waals surface area contributed by atoms with E-state index in [1.807, 2.05) is 56.5 Å². The lowest BCUT2D eigenvalue weighted by Crippen LogP contribution is -2.41. The van der Waals surface area contributed by atoms with Crippen molar-refractivity contribution in [1.82, 2.24) is 9.38 Å². The highest BCUT2D eigenvalue weighted by Gasteiger charge is 2.51. The molecule has 0 bridgehead atoms. The van der Waals surface area contributed by atoms with E-state index in [0.29, 0.717) is 11.3 Å².